The molecule has 0 aliphatic heterocycles. The Morgan fingerprint density at radius 2 is 0.836 bits per heavy atom. The van der Waals surface area contributed by atoms with E-state index < -0.39 is 0 Å². The molecule has 0 saturated carbocycles. The van der Waals surface area contributed by atoms with Gasteiger partial charge in [0.25, 0.3) is 0 Å². The first-order chi connectivity index (χ1) is 27.3. The molecule has 0 aliphatic rings. The standard InChI is InChI=1S/C52H35N3/c1-4-13-36(14-5-1)38-23-29-43(30-24-38)55(44-31-25-39(26-32-44)37-15-6-2-7-16-37)45-20-12-19-42(35-45)48-34-28-41-27-33-47-50(40-17-8-3-9-18-40)46-21-10-11-22-49(46)54-52(47)51(41)53-48/h1-35H. The van der Waals surface area contributed by atoms with Crippen LogP contribution in [0.4, 0.5) is 17.1 Å². The first kappa shape index (κ1) is 32.3. The van der Waals surface area contributed by atoms with Gasteiger partial charge in [-0.15, -0.1) is 0 Å². The minimum absolute atomic E-state index is 0.896. The van der Waals surface area contributed by atoms with Gasteiger partial charge >= 0.3 is 0 Å². The molecule has 10 aromatic rings. The van der Waals surface area contributed by atoms with Gasteiger partial charge in [0.2, 0.25) is 0 Å². The Labute approximate surface area is 320 Å². The minimum atomic E-state index is 0.896. The van der Waals surface area contributed by atoms with Crippen molar-refractivity contribution < 1.29 is 0 Å². The molecule has 0 atom stereocenters. The van der Waals surface area contributed by atoms with Gasteiger partial charge in [-0.05, 0) is 76.3 Å². The summed E-state index contributed by atoms with van der Waals surface area (Å²) in [5.41, 5.74) is 15.0. The predicted octanol–water partition coefficient (Wildman–Crippen LogP) is 14.1. The lowest BCUT2D eigenvalue weighted by Crippen LogP contribution is -2.10. The fourth-order valence-electron chi connectivity index (χ4n) is 7.73. The normalized spacial score (nSPS) is 11.3. The first-order valence-corrected chi connectivity index (χ1v) is 18.7. The molecule has 0 aliphatic carbocycles. The minimum Gasteiger partial charge on any atom is -0.310 e. The molecule has 0 N–H and O–H groups in total. The summed E-state index contributed by atoms with van der Waals surface area (Å²) in [5, 5.41) is 3.30. The summed E-state index contributed by atoms with van der Waals surface area (Å²) in [5.74, 6) is 0. The lowest BCUT2D eigenvalue weighted by atomic mass is 9.95. The zero-order valence-electron chi connectivity index (χ0n) is 30.0. The highest BCUT2D eigenvalue weighted by molar-refractivity contribution is 6.16. The molecule has 0 unspecified atom stereocenters. The van der Waals surface area contributed by atoms with Gasteiger partial charge in [0.1, 0.15) is 0 Å². The summed E-state index contributed by atoms with van der Waals surface area (Å²) in [7, 11) is 0. The number of anilines is 3. The van der Waals surface area contributed by atoms with Crippen molar-refractivity contribution in [3.8, 4) is 44.6 Å². The van der Waals surface area contributed by atoms with E-state index in [4.69, 9.17) is 9.97 Å². The van der Waals surface area contributed by atoms with Crippen LogP contribution in [0.25, 0.3) is 77.3 Å². The number of pyridine rings is 2. The quantitative estimate of drug-likeness (QED) is 0.122. The third-order valence-electron chi connectivity index (χ3n) is 10.4. The van der Waals surface area contributed by atoms with E-state index in [1.165, 1.54) is 33.4 Å². The van der Waals surface area contributed by atoms with E-state index in [0.29, 0.717) is 0 Å². The summed E-state index contributed by atoms with van der Waals surface area (Å²) in [4.78, 5) is 12.9. The van der Waals surface area contributed by atoms with E-state index in [2.05, 4.69) is 217 Å². The average Bonchev–Trinajstić information content (AvgIpc) is 3.27. The molecule has 0 amide bonds. The molecule has 0 saturated heterocycles. The second kappa shape index (κ2) is 13.9. The second-order valence-corrected chi connectivity index (χ2v) is 13.8. The molecule has 258 valence electrons. The Balaban J connectivity index is 1.10. The predicted molar refractivity (Wildman–Crippen MR) is 231 cm³/mol. The van der Waals surface area contributed by atoms with Crippen molar-refractivity contribution in [3.05, 3.63) is 212 Å². The van der Waals surface area contributed by atoms with Crippen LogP contribution in [0.15, 0.2) is 212 Å². The van der Waals surface area contributed by atoms with Gasteiger partial charge in [-0.1, -0.05) is 164 Å². The van der Waals surface area contributed by atoms with Gasteiger partial charge in [0.05, 0.1) is 22.2 Å². The monoisotopic (exact) mass is 701 g/mol. The lowest BCUT2D eigenvalue weighted by molar-refractivity contribution is 1.28. The average molecular weight is 702 g/mol. The van der Waals surface area contributed by atoms with E-state index >= 15 is 0 Å². The summed E-state index contributed by atoms with van der Waals surface area (Å²) in [6.07, 6.45) is 0. The maximum Gasteiger partial charge on any atom is 0.0978 e. The molecule has 2 aromatic heterocycles. The third kappa shape index (κ3) is 6.08. The number of hydrogen-bond acceptors (Lipinski definition) is 3. The van der Waals surface area contributed by atoms with Gasteiger partial charge in [-0.3, -0.25) is 0 Å². The highest BCUT2D eigenvalue weighted by Gasteiger charge is 2.17. The zero-order valence-corrected chi connectivity index (χ0v) is 30.0. The van der Waals surface area contributed by atoms with Crippen molar-refractivity contribution in [2.45, 2.75) is 0 Å². The van der Waals surface area contributed by atoms with E-state index in [-0.39, 0.29) is 0 Å². The smallest absolute Gasteiger partial charge is 0.0978 e. The maximum atomic E-state index is 5.37. The molecule has 2 heterocycles. The number of fused-ring (bicyclic) bond motifs is 4. The molecular formula is C52H35N3. The van der Waals surface area contributed by atoms with Gasteiger partial charge in [-0.25, -0.2) is 9.97 Å². The van der Waals surface area contributed by atoms with Crippen molar-refractivity contribution in [2.24, 2.45) is 0 Å². The summed E-state index contributed by atoms with van der Waals surface area (Å²) in [6, 6.07) is 75.1. The third-order valence-corrected chi connectivity index (χ3v) is 10.4. The number of nitrogens with zero attached hydrogens (tertiary/aromatic N) is 3. The highest BCUT2D eigenvalue weighted by Crippen LogP contribution is 2.40. The molecule has 3 nitrogen and oxygen atoms in total. The molecule has 3 heteroatoms. The van der Waals surface area contributed by atoms with Crippen LogP contribution in [0.1, 0.15) is 0 Å². The van der Waals surface area contributed by atoms with E-state index in [1.807, 2.05) is 0 Å². The topological polar surface area (TPSA) is 29.0 Å². The summed E-state index contributed by atoms with van der Waals surface area (Å²) >= 11 is 0. The molecule has 0 fully saturated rings. The second-order valence-electron chi connectivity index (χ2n) is 13.8. The van der Waals surface area contributed by atoms with Crippen LogP contribution in [0.3, 0.4) is 0 Å². The number of rotatable bonds is 7. The lowest BCUT2D eigenvalue weighted by Gasteiger charge is -2.26. The van der Waals surface area contributed by atoms with Crippen molar-refractivity contribution in [1.82, 2.24) is 9.97 Å². The Hall–Kier alpha value is -7.36. The van der Waals surface area contributed by atoms with Gasteiger partial charge in [0, 0.05) is 44.3 Å². The van der Waals surface area contributed by atoms with Crippen LogP contribution in [0.2, 0.25) is 0 Å². The van der Waals surface area contributed by atoms with Crippen molar-refractivity contribution in [2.75, 3.05) is 4.90 Å². The summed E-state index contributed by atoms with van der Waals surface area (Å²) < 4.78 is 0. The van der Waals surface area contributed by atoms with Crippen molar-refractivity contribution >= 4 is 49.8 Å². The van der Waals surface area contributed by atoms with Gasteiger partial charge in [0.15, 0.2) is 0 Å². The SMILES string of the molecule is c1ccc(-c2ccc(N(c3ccc(-c4ccccc4)cc3)c3cccc(-c4ccc5ccc6c(-c7ccccc7)c7ccccc7nc6c5n4)c3)cc2)cc1. The first-order valence-electron chi connectivity index (χ1n) is 18.7. The van der Waals surface area contributed by atoms with Crippen LogP contribution in [-0.2, 0) is 0 Å². The molecule has 10 rings (SSSR count). The molecule has 0 bridgehead atoms. The number of aromatic nitrogens is 2. The molecule has 8 aromatic carbocycles. The van der Waals surface area contributed by atoms with E-state index in [9.17, 15) is 0 Å². The molecule has 55 heavy (non-hydrogen) atoms. The number of para-hydroxylation sites is 1. The Morgan fingerprint density at radius 1 is 0.309 bits per heavy atom. The number of hydrogen-bond donors (Lipinski definition) is 0. The van der Waals surface area contributed by atoms with E-state index in [0.717, 1.165) is 61.0 Å². The fourth-order valence-corrected chi connectivity index (χ4v) is 7.73. The Kier molecular flexibility index (Phi) is 8.16. The number of benzene rings is 8. The zero-order chi connectivity index (χ0) is 36.6. The molecule has 0 radical (unpaired) electrons. The van der Waals surface area contributed by atoms with Crippen LogP contribution in [0, 0.1) is 0 Å². The van der Waals surface area contributed by atoms with Crippen molar-refractivity contribution in [3.63, 3.8) is 0 Å². The van der Waals surface area contributed by atoms with Crippen LogP contribution in [0.5, 0.6) is 0 Å². The Morgan fingerprint density at radius 3 is 1.47 bits per heavy atom. The molecular weight excluding hydrogens is 667 g/mol. The van der Waals surface area contributed by atoms with Crippen LogP contribution in [-0.4, -0.2) is 9.97 Å². The van der Waals surface area contributed by atoms with Crippen LogP contribution >= 0.6 is 0 Å². The van der Waals surface area contributed by atoms with Crippen LogP contribution < -0.4 is 4.90 Å². The highest BCUT2D eigenvalue weighted by atomic mass is 15.1. The fraction of sp³-hybridized carbons (Fsp3) is 0. The molecule has 0 spiro atoms. The van der Waals surface area contributed by atoms with Gasteiger partial charge < -0.3 is 4.90 Å². The van der Waals surface area contributed by atoms with E-state index in [1.54, 1.807) is 0 Å². The van der Waals surface area contributed by atoms with Gasteiger partial charge in [-0.2, -0.15) is 0 Å². The van der Waals surface area contributed by atoms with Crippen molar-refractivity contribution in [1.29, 1.82) is 0 Å². The maximum absolute atomic E-state index is 5.37. The summed E-state index contributed by atoms with van der Waals surface area (Å²) in [6.45, 7) is 0. The Bertz CT molecular complexity index is 2860. The largest absolute Gasteiger partial charge is 0.310 e.